The van der Waals surface area contributed by atoms with Crippen LogP contribution in [0.25, 0.3) is 0 Å². The molecule has 9 heavy (non-hydrogen) atoms. The average molecular weight is 149 g/mol. The highest BCUT2D eigenvalue weighted by Crippen LogP contribution is 1.99. The van der Waals surface area contributed by atoms with Crippen LogP contribution in [-0.2, 0) is 0 Å². The molecule has 0 aliphatic carbocycles. The molecule has 1 rings (SSSR count). The topological polar surface area (TPSA) is 66.7 Å². The normalized spacial score (nSPS) is 8.22. The lowest BCUT2D eigenvalue weighted by molar-refractivity contribution is 1.04. The summed E-state index contributed by atoms with van der Waals surface area (Å²) in [5.74, 6) is 5.70. The van der Waals surface area contributed by atoms with Crippen LogP contribution >= 0.6 is 12.4 Å². The van der Waals surface area contributed by atoms with Crippen LogP contribution < -0.4 is 11.3 Å². The van der Waals surface area contributed by atoms with Crippen molar-refractivity contribution in [3.63, 3.8) is 0 Å². The summed E-state index contributed by atoms with van der Waals surface area (Å²) in [4.78, 5) is 0. The monoisotopic (exact) mass is 148 g/mol. The van der Waals surface area contributed by atoms with Gasteiger partial charge in [0.2, 0.25) is 0 Å². The number of nitrogens with zero attached hydrogens (tertiary/aromatic N) is 1. The summed E-state index contributed by atoms with van der Waals surface area (Å²) in [7, 11) is 0. The summed E-state index contributed by atoms with van der Waals surface area (Å²) in [6, 6.07) is 1.82. The molecule has 0 amide bonds. The predicted molar refractivity (Wildman–Crippen MR) is 38.4 cm³/mol. The zero-order valence-corrected chi connectivity index (χ0v) is 5.83. The highest BCUT2D eigenvalue weighted by molar-refractivity contribution is 5.85. The van der Waals surface area contributed by atoms with Gasteiger partial charge in [-0.15, -0.1) is 12.4 Å². The third-order valence-corrected chi connectivity index (χ3v) is 0.854. The summed E-state index contributed by atoms with van der Waals surface area (Å²) >= 11 is 0. The van der Waals surface area contributed by atoms with Gasteiger partial charge in [0.05, 0.1) is 0 Å². The first-order valence-electron chi connectivity index (χ1n) is 2.31. The van der Waals surface area contributed by atoms with Crippen LogP contribution in [-0.4, -0.2) is 10.2 Å². The number of aromatic amines is 1. The number of rotatable bonds is 1. The smallest absolute Gasteiger partial charge is 0.161 e. The van der Waals surface area contributed by atoms with Gasteiger partial charge in [0.1, 0.15) is 0 Å². The molecule has 1 aromatic heterocycles. The molecule has 0 radical (unpaired) electrons. The minimum Gasteiger partial charge on any atom is -0.307 e. The fourth-order valence-electron chi connectivity index (χ4n) is 0.492. The van der Waals surface area contributed by atoms with E-state index in [9.17, 15) is 0 Å². The van der Waals surface area contributed by atoms with Crippen molar-refractivity contribution < 1.29 is 0 Å². The largest absolute Gasteiger partial charge is 0.307 e. The van der Waals surface area contributed by atoms with Gasteiger partial charge < -0.3 is 5.43 Å². The van der Waals surface area contributed by atoms with E-state index in [1.807, 2.05) is 13.0 Å². The van der Waals surface area contributed by atoms with E-state index in [-0.39, 0.29) is 12.4 Å². The maximum absolute atomic E-state index is 5.03. The Morgan fingerprint density at radius 2 is 2.44 bits per heavy atom. The molecule has 0 saturated heterocycles. The number of H-pyrrole nitrogens is 1. The third-order valence-electron chi connectivity index (χ3n) is 0.854. The van der Waals surface area contributed by atoms with Crippen molar-refractivity contribution >= 4 is 18.2 Å². The first-order valence-corrected chi connectivity index (χ1v) is 2.31. The van der Waals surface area contributed by atoms with E-state index in [0.717, 1.165) is 5.69 Å². The second kappa shape index (κ2) is 3.32. The zero-order chi connectivity index (χ0) is 5.98. The maximum Gasteiger partial charge on any atom is 0.161 e. The number of halogens is 1. The van der Waals surface area contributed by atoms with Gasteiger partial charge in [0.25, 0.3) is 0 Å². The second-order valence-corrected chi connectivity index (χ2v) is 1.58. The molecule has 0 aliphatic rings. The quantitative estimate of drug-likeness (QED) is 0.400. The summed E-state index contributed by atoms with van der Waals surface area (Å²) < 4.78 is 0. The van der Waals surface area contributed by atoms with Gasteiger partial charge in [-0.3, -0.25) is 5.10 Å². The molecule has 5 heteroatoms. The molecule has 4 nitrogen and oxygen atoms in total. The number of aromatic nitrogens is 2. The van der Waals surface area contributed by atoms with Crippen molar-refractivity contribution in [3.05, 3.63) is 11.8 Å². The van der Waals surface area contributed by atoms with E-state index in [0.29, 0.717) is 5.82 Å². The molecule has 1 heterocycles. The Labute approximate surface area is 59.2 Å². The Balaban J connectivity index is 0.000000640. The number of anilines is 1. The summed E-state index contributed by atoms with van der Waals surface area (Å²) in [5, 5.41) is 6.50. The number of aryl methyl sites for hydroxylation is 1. The van der Waals surface area contributed by atoms with Crippen LogP contribution in [0.2, 0.25) is 0 Å². The minimum atomic E-state index is 0. The molecular formula is C4H9ClN4. The average Bonchev–Trinajstić information content (AvgIpc) is 2.14. The number of hydrogen-bond donors (Lipinski definition) is 3. The first-order chi connectivity index (χ1) is 3.83. The van der Waals surface area contributed by atoms with Crippen LogP contribution in [0, 0.1) is 6.92 Å². The van der Waals surface area contributed by atoms with Gasteiger partial charge >= 0.3 is 0 Å². The number of nitrogens with one attached hydrogen (secondary N) is 2. The fourth-order valence-corrected chi connectivity index (χ4v) is 0.492. The minimum absolute atomic E-state index is 0. The molecule has 0 saturated carbocycles. The third kappa shape index (κ3) is 1.91. The highest BCUT2D eigenvalue weighted by Gasteiger charge is 1.89. The summed E-state index contributed by atoms with van der Waals surface area (Å²) in [6.07, 6.45) is 0. The van der Waals surface area contributed by atoms with Crippen molar-refractivity contribution in [1.82, 2.24) is 10.2 Å². The lowest BCUT2D eigenvalue weighted by atomic mass is 10.5. The van der Waals surface area contributed by atoms with Crippen LogP contribution in [0.1, 0.15) is 5.69 Å². The van der Waals surface area contributed by atoms with Crippen molar-refractivity contribution in [2.24, 2.45) is 5.84 Å². The van der Waals surface area contributed by atoms with Gasteiger partial charge in [0.15, 0.2) is 5.82 Å². The zero-order valence-electron chi connectivity index (χ0n) is 5.01. The molecule has 0 fully saturated rings. The Morgan fingerprint density at radius 3 is 2.67 bits per heavy atom. The molecule has 1 aromatic rings. The first kappa shape index (κ1) is 8.26. The van der Waals surface area contributed by atoms with E-state index in [1.54, 1.807) is 0 Å². The number of hydrazine groups is 1. The van der Waals surface area contributed by atoms with Crippen LogP contribution in [0.4, 0.5) is 5.82 Å². The van der Waals surface area contributed by atoms with Gasteiger partial charge in [0, 0.05) is 11.8 Å². The molecule has 0 aromatic carbocycles. The predicted octanol–water partition coefficient (Wildman–Crippen LogP) is 0.426. The van der Waals surface area contributed by atoms with Crippen molar-refractivity contribution in [2.75, 3.05) is 5.43 Å². The van der Waals surface area contributed by atoms with Crippen LogP contribution in [0.15, 0.2) is 6.07 Å². The summed E-state index contributed by atoms with van der Waals surface area (Å²) in [5.41, 5.74) is 3.40. The Bertz CT molecular complexity index is 173. The number of nitrogens with two attached hydrogens (primary N) is 1. The number of hydrogen-bond acceptors (Lipinski definition) is 3. The van der Waals surface area contributed by atoms with Crippen molar-refractivity contribution in [1.29, 1.82) is 0 Å². The van der Waals surface area contributed by atoms with E-state index in [2.05, 4.69) is 15.6 Å². The Hall–Kier alpha value is -0.740. The maximum atomic E-state index is 5.03. The van der Waals surface area contributed by atoms with Crippen molar-refractivity contribution in [3.8, 4) is 0 Å². The molecule has 4 N–H and O–H groups in total. The Morgan fingerprint density at radius 1 is 1.78 bits per heavy atom. The fraction of sp³-hybridized carbons (Fsp3) is 0.250. The molecule has 0 aliphatic heterocycles. The number of nitrogen functional groups attached to an aromatic ring is 1. The molecule has 0 spiro atoms. The second-order valence-electron chi connectivity index (χ2n) is 1.58. The SMILES string of the molecule is Cc1cc(NN)n[nH]1.Cl. The molecular weight excluding hydrogens is 140 g/mol. The van der Waals surface area contributed by atoms with Crippen LogP contribution in [0.5, 0.6) is 0 Å². The van der Waals surface area contributed by atoms with Gasteiger partial charge in [-0.2, -0.15) is 5.10 Å². The highest BCUT2D eigenvalue weighted by atomic mass is 35.5. The van der Waals surface area contributed by atoms with Gasteiger partial charge in [-0.05, 0) is 6.92 Å². The molecule has 0 bridgehead atoms. The molecule has 0 atom stereocenters. The van der Waals surface area contributed by atoms with Gasteiger partial charge in [-0.25, -0.2) is 5.84 Å². The summed E-state index contributed by atoms with van der Waals surface area (Å²) in [6.45, 7) is 1.91. The van der Waals surface area contributed by atoms with E-state index in [1.165, 1.54) is 0 Å². The van der Waals surface area contributed by atoms with Gasteiger partial charge in [-0.1, -0.05) is 0 Å². The molecule has 52 valence electrons. The van der Waals surface area contributed by atoms with E-state index >= 15 is 0 Å². The van der Waals surface area contributed by atoms with Crippen LogP contribution in [0.3, 0.4) is 0 Å². The lowest BCUT2D eigenvalue weighted by Crippen LogP contribution is -2.06. The lowest BCUT2D eigenvalue weighted by Gasteiger charge is -1.84. The Kier molecular flexibility index (Phi) is 3.05. The standard InChI is InChI=1S/C4H8N4.ClH/c1-3-2-4(6-5)8-7-3;/h2H,5H2,1H3,(H2,6,7,8);1H. The van der Waals surface area contributed by atoms with Crippen molar-refractivity contribution in [2.45, 2.75) is 6.92 Å². The molecule has 0 unspecified atom stereocenters. The van der Waals surface area contributed by atoms with E-state index in [4.69, 9.17) is 5.84 Å². The van der Waals surface area contributed by atoms with E-state index < -0.39 is 0 Å².